The molecule has 1 saturated carbocycles. The topological polar surface area (TPSA) is 55.1 Å². The van der Waals surface area contributed by atoms with E-state index in [0.29, 0.717) is 5.69 Å². The van der Waals surface area contributed by atoms with E-state index >= 15 is 0 Å². The van der Waals surface area contributed by atoms with Crippen LogP contribution in [0.4, 0.5) is 8.78 Å². The standard InChI is InChI=1S/C12H14F2N2O2/c1-7-8(6-16(2)15-7)10(17)5-9(11(13)14)12(18)3-4-12/h5-6,11,18H,3-4H2,1-2H3/b9-5-. The summed E-state index contributed by atoms with van der Waals surface area (Å²) in [5.74, 6) is -0.545. The number of nitrogens with zero attached hydrogens (tertiary/aromatic N) is 2. The fourth-order valence-electron chi connectivity index (χ4n) is 1.87. The third kappa shape index (κ3) is 2.33. The molecular formula is C12H14F2N2O2. The molecule has 1 N–H and O–H groups in total. The van der Waals surface area contributed by atoms with Crippen molar-refractivity contribution in [1.29, 1.82) is 0 Å². The number of aryl methyl sites for hydroxylation is 2. The Kier molecular flexibility index (Phi) is 3.06. The SMILES string of the molecule is Cc1nn(C)cc1C(=O)/C=C(/C(F)F)C1(O)CC1. The van der Waals surface area contributed by atoms with Gasteiger partial charge >= 0.3 is 0 Å². The van der Waals surface area contributed by atoms with Crippen LogP contribution >= 0.6 is 0 Å². The minimum atomic E-state index is -2.82. The molecule has 1 fully saturated rings. The molecule has 1 aliphatic rings. The van der Waals surface area contributed by atoms with Crippen molar-refractivity contribution in [2.75, 3.05) is 0 Å². The van der Waals surface area contributed by atoms with Gasteiger partial charge in [0.1, 0.15) is 0 Å². The van der Waals surface area contributed by atoms with Gasteiger partial charge in [-0.15, -0.1) is 0 Å². The lowest BCUT2D eigenvalue weighted by Gasteiger charge is -2.11. The average molecular weight is 256 g/mol. The van der Waals surface area contributed by atoms with Gasteiger partial charge in [0, 0.05) is 18.8 Å². The molecule has 0 bridgehead atoms. The first-order valence-corrected chi connectivity index (χ1v) is 5.60. The fourth-order valence-corrected chi connectivity index (χ4v) is 1.87. The molecule has 0 atom stereocenters. The Balaban J connectivity index is 2.31. The van der Waals surface area contributed by atoms with Crippen molar-refractivity contribution >= 4 is 5.78 Å². The zero-order valence-electron chi connectivity index (χ0n) is 10.2. The number of hydrogen-bond acceptors (Lipinski definition) is 3. The lowest BCUT2D eigenvalue weighted by molar-refractivity contribution is 0.0989. The Morgan fingerprint density at radius 1 is 1.61 bits per heavy atom. The zero-order chi connectivity index (χ0) is 13.5. The van der Waals surface area contributed by atoms with Gasteiger partial charge in [0.15, 0.2) is 5.78 Å². The third-order valence-electron chi connectivity index (χ3n) is 3.06. The van der Waals surface area contributed by atoms with Crippen LogP contribution in [0.2, 0.25) is 0 Å². The summed E-state index contributed by atoms with van der Waals surface area (Å²) in [6.45, 7) is 1.63. The number of aromatic nitrogens is 2. The summed E-state index contributed by atoms with van der Waals surface area (Å²) < 4.78 is 27.1. The van der Waals surface area contributed by atoms with Crippen LogP contribution in [0.25, 0.3) is 0 Å². The van der Waals surface area contributed by atoms with E-state index in [9.17, 15) is 18.7 Å². The molecule has 1 heterocycles. The number of hydrogen-bond donors (Lipinski definition) is 1. The number of carbonyl (C=O) groups excluding carboxylic acids is 1. The summed E-state index contributed by atoms with van der Waals surface area (Å²) in [6.07, 6.45) is 0.0688. The van der Waals surface area contributed by atoms with E-state index in [0.717, 1.165) is 6.08 Å². The number of aliphatic hydroxyl groups is 1. The van der Waals surface area contributed by atoms with Crippen LogP contribution in [0.5, 0.6) is 0 Å². The lowest BCUT2D eigenvalue weighted by Crippen LogP contribution is -2.19. The van der Waals surface area contributed by atoms with Crippen LogP contribution in [-0.4, -0.2) is 32.7 Å². The van der Waals surface area contributed by atoms with E-state index in [1.165, 1.54) is 10.9 Å². The molecule has 1 aromatic heterocycles. The Bertz CT molecular complexity index is 516. The molecule has 0 amide bonds. The smallest absolute Gasteiger partial charge is 0.263 e. The summed E-state index contributed by atoms with van der Waals surface area (Å²) in [5, 5.41) is 13.7. The molecule has 0 saturated heterocycles. The van der Waals surface area contributed by atoms with Crippen LogP contribution in [0.15, 0.2) is 17.8 Å². The molecule has 0 radical (unpaired) electrons. The highest BCUT2D eigenvalue weighted by Crippen LogP contribution is 2.44. The Morgan fingerprint density at radius 2 is 2.22 bits per heavy atom. The van der Waals surface area contributed by atoms with Crippen LogP contribution < -0.4 is 0 Å². The maximum absolute atomic E-state index is 12.8. The van der Waals surface area contributed by atoms with Gasteiger partial charge in [-0.3, -0.25) is 9.48 Å². The summed E-state index contributed by atoms with van der Waals surface area (Å²) in [6, 6.07) is 0. The van der Waals surface area contributed by atoms with Crippen molar-refractivity contribution in [3.63, 3.8) is 0 Å². The van der Waals surface area contributed by atoms with E-state index in [-0.39, 0.29) is 18.4 Å². The number of carbonyl (C=O) groups is 1. The van der Waals surface area contributed by atoms with Crippen molar-refractivity contribution < 1.29 is 18.7 Å². The average Bonchev–Trinajstić information content (AvgIpc) is 2.91. The van der Waals surface area contributed by atoms with Crippen molar-refractivity contribution in [3.8, 4) is 0 Å². The number of halogens is 2. The summed E-state index contributed by atoms with van der Waals surface area (Å²) in [5.41, 5.74) is -1.22. The van der Waals surface area contributed by atoms with Gasteiger partial charge in [0.2, 0.25) is 0 Å². The largest absolute Gasteiger partial charge is 0.385 e. The Morgan fingerprint density at radius 3 is 2.61 bits per heavy atom. The predicted octanol–water partition coefficient (Wildman–Crippen LogP) is 1.63. The van der Waals surface area contributed by atoms with Gasteiger partial charge in [-0.1, -0.05) is 0 Å². The van der Waals surface area contributed by atoms with Gasteiger partial charge in [-0.25, -0.2) is 8.78 Å². The number of alkyl halides is 2. The summed E-state index contributed by atoms with van der Waals surface area (Å²) >= 11 is 0. The normalized spacial score (nSPS) is 18.2. The minimum absolute atomic E-state index is 0.278. The van der Waals surface area contributed by atoms with Crippen LogP contribution in [0.3, 0.4) is 0 Å². The van der Waals surface area contributed by atoms with Crippen LogP contribution in [0, 0.1) is 6.92 Å². The zero-order valence-corrected chi connectivity index (χ0v) is 10.2. The Hall–Kier alpha value is -1.56. The molecular weight excluding hydrogens is 242 g/mol. The van der Waals surface area contributed by atoms with Gasteiger partial charge in [0.25, 0.3) is 6.43 Å². The first-order valence-electron chi connectivity index (χ1n) is 5.60. The van der Waals surface area contributed by atoms with Crippen LogP contribution in [-0.2, 0) is 7.05 Å². The van der Waals surface area contributed by atoms with E-state index in [1.54, 1.807) is 14.0 Å². The van der Waals surface area contributed by atoms with Gasteiger partial charge in [-0.05, 0) is 25.8 Å². The first-order chi connectivity index (χ1) is 8.33. The molecule has 1 aromatic rings. The molecule has 1 aliphatic carbocycles. The van der Waals surface area contributed by atoms with E-state index < -0.39 is 23.4 Å². The molecule has 18 heavy (non-hydrogen) atoms. The lowest BCUT2D eigenvalue weighted by atomic mass is 10.0. The quantitative estimate of drug-likeness (QED) is 0.658. The van der Waals surface area contributed by atoms with Gasteiger partial charge in [-0.2, -0.15) is 5.10 Å². The molecule has 0 unspecified atom stereocenters. The molecule has 2 rings (SSSR count). The molecule has 6 heteroatoms. The van der Waals surface area contributed by atoms with Gasteiger partial charge in [0.05, 0.1) is 16.9 Å². The maximum atomic E-state index is 12.8. The second kappa shape index (κ2) is 4.28. The molecule has 0 spiro atoms. The Labute approximate surface area is 103 Å². The van der Waals surface area contributed by atoms with E-state index in [1.807, 2.05) is 0 Å². The summed E-state index contributed by atoms with van der Waals surface area (Å²) in [7, 11) is 1.65. The first kappa shape index (κ1) is 12.9. The maximum Gasteiger partial charge on any atom is 0.263 e. The highest BCUT2D eigenvalue weighted by atomic mass is 19.3. The summed E-state index contributed by atoms with van der Waals surface area (Å²) in [4.78, 5) is 11.9. The molecule has 98 valence electrons. The third-order valence-corrected chi connectivity index (χ3v) is 3.06. The number of rotatable bonds is 4. The van der Waals surface area contributed by atoms with Crippen LogP contribution in [0.1, 0.15) is 28.9 Å². The second-order valence-electron chi connectivity index (χ2n) is 4.60. The minimum Gasteiger partial charge on any atom is -0.385 e. The molecule has 4 nitrogen and oxygen atoms in total. The van der Waals surface area contributed by atoms with Crippen molar-refractivity contribution in [3.05, 3.63) is 29.1 Å². The second-order valence-corrected chi connectivity index (χ2v) is 4.60. The number of allylic oxidation sites excluding steroid dienone is 1. The van der Waals surface area contributed by atoms with E-state index in [2.05, 4.69) is 5.10 Å². The highest BCUT2D eigenvalue weighted by Gasteiger charge is 2.47. The predicted molar refractivity (Wildman–Crippen MR) is 60.5 cm³/mol. The monoisotopic (exact) mass is 256 g/mol. The van der Waals surface area contributed by atoms with Crippen molar-refractivity contribution in [1.82, 2.24) is 9.78 Å². The highest BCUT2D eigenvalue weighted by molar-refractivity contribution is 6.05. The fraction of sp³-hybridized carbons (Fsp3) is 0.500. The van der Waals surface area contributed by atoms with Crippen molar-refractivity contribution in [2.45, 2.75) is 31.8 Å². The molecule has 0 aliphatic heterocycles. The van der Waals surface area contributed by atoms with Gasteiger partial charge < -0.3 is 5.11 Å². The molecule has 0 aromatic carbocycles. The van der Waals surface area contributed by atoms with E-state index in [4.69, 9.17) is 0 Å². The number of ketones is 1. The van der Waals surface area contributed by atoms with Crippen molar-refractivity contribution in [2.24, 2.45) is 7.05 Å².